The van der Waals surface area contributed by atoms with E-state index in [4.69, 9.17) is 0 Å². The second-order valence-electron chi connectivity index (χ2n) is 4.98. The van der Waals surface area contributed by atoms with E-state index in [1.807, 2.05) is 13.8 Å². The van der Waals surface area contributed by atoms with Crippen molar-refractivity contribution in [3.8, 4) is 0 Å². The number of hydrogen-bond acceptors (Lipinski definition) is 4. The minimum atomic E-state index is -0.482. The van der Waals surface area contributed by atoms with Crippen LogP contribution in [0.5, 0.6) is 0 Å². The highest BCUT2D eigenvalue weighted by Gasteiger charge is 2.31. The molecule has 0 unspecified atom stereocenters. The quantitative estimate of drug-likeness (QED) is 0.603. The average Bonchev–Trinajstić information content (AvgIpc) is 2.56. The van der Waals surface area contributed by atoms with Crippen molar-refractivity contribution in [1.29, 1.82) is 0 Å². The van der Waals surface area contributed by atoms with Gasteiger partial charge >= 0.3 is 6.03 Å². The first kappa shape index (κ1) is 12.8. The fourth-order valence-corrected chi connectivity index (χ4v) is 2.40. The largest absolute Gasteiger partial charge is 0.338 e. The smallest absolute Gasteiger partial charge is 0.325 e. The molecule has 2 atom stereocenters. The molecule has 0 aliphatic carbocycles. The minimum absolute atomic E-state index is 0.0260. The zero-order valence-corrected chi connectivity index (χ0v) is 10.6. The maximum absolute atomic E-state index is 12.1. The Morgan fingerprint density at radius 2 is 1.89 bits per heavy atom. The summed E-state index contributed by atoms with van der Waals surface area (Å²) in [6.07, 6.45) is 0. The summed E-state index contributed by atoms with van der Waals surface area (Å²) >= 11 is 0. The molecule has 0 radical (unpaired) electrons. The molecule has 0 aromatic carbocycles. The maximum Gasteiger partial charge on any atom is 0.325 e. The lowest BCUT2D eigenvalue weighted by atomic mass is 10.1. The van der Waals surface area contributed by atoms with Gasteiger partial charge in [-0.3, -0.25) is 14.9 Å². The van der Waals surface area contributed by atoms with Crippen LogP contribution in [0.3, 0.4) is 0 Å². The number of amides is 4. The highest BCUT2D eigenvalue weighted by atomic mass is 16.2. The Hall–Kier alpha value is -1.63. The van der Waals surface area contributed by atoms with Crippen molar-refractivity contribution in [3.63, 3.8) is 0 Å². The Kier molecular flexibility index (Phi) is 3.51. The van der Waals surface area contributed by atoms with E-state index in [1.54, 1.807) is 4.90 Å². The topological polar surface area (TPSA) is 81.8 Å². The third-order valence-electron chi connectivity index (χ3n) is 3.10. The summed E-state index contributed by atoms with van der Waals surface area (Å²) in [5.74, 6) is -0.463. The molecule has 0 bridgehead atoms. The van der Waals surface area contributed by atoms with Crippen LogP contribution in [0.2, 0.25) is 0 Å². The number of piperazine rings is 1. The molecule has 2 aliphatic heterocycles. The van der Waals surface area contributed by atoms with Crippen LogP contribution in [-0.4, -0.2) is 65.9 Å². The zero-order chi connectivity index (χ0) is 13.3. The Morgan fingerprint density at radius 3 is 2.39 bits per heavy atom. The third kappa shape index (κ3) is 2.79. The Labute approximate surface area is 105 Å². The van der Waals surface area contributed by atoms with Gasteiger partial charge in [0.1, 0.15) is 13.1 Å². The van der Waals surface area contributed by atoms with Crippen LogP contribution in [0.1, 0.15) is 13.8 Å². The second-order valence-corrected chi connectivity index (χ2v) is 4.98. The van der Waals surface area contributed by atoms with Crippen LogP contribution in [0.25, 0.3) is 0 Å². The first-order valence-corrected chi connectivity index (χ1v) is 6.08. The molecule has 7 nitrogen and oxygen atoms in total. The molecule has 100 valence electrons. The normalized spacial score (nSPS) is 28.6. The molecule has 4 amide bonds. The fourth-order valence-electron chi connectivity index (χ4n) is 2.40. The first-order valence-electron chi connectivity index (χ1n) is 6.08. The van der Waals surface area contributed by atoms with E-state index in [9.17, 15) is 14.4 Å². The van der Waals surface area contributed by atoms with Crippen molar-refractivity contribution >= 4 is 17.8 Å². The van der Waals surface area contributed by atoms with Gasteiger partial charge in [0.05, 0.1) is 0 Å². The summed E-state index contributed by atoms with van der Waals surface area (Å²) in [6.45, 7) is 5.24. The summed E-state index contributed by atoms with van der Waals surface area (Å²) in [6, 6.07) is 0.00283. The molecule has 2 fully saturated rings. The molecule has 7 heteroatoms. The lowest BCUT2D eigenvalue weighted by Gasteiger charge is -2.36. The van der Waals surface area contributed by atoms with Crippen LogP contribution in [0.4, 0.5) is 4.79 Å². The molecule has 0 spiro atoms. The van der Waals surface area contributed by atoms with Crippen molar-refractivity contribution in [3.05, 3.63) is 0 Å². The predicted octanol–water partition coefficient (Wildman–Crippen LogP) is -1.25. The van der Waals surface area contributed by atoms with Gasteiger partial charge in [-0.1, -0.05) is 0 Å². The molecule has 2 rings (SSSR count). The van der Waals surface area contributed by atoms with E-state index in [-0.39, 0.29) is 37.0 Å². The number of carbonyl (C=O) groups is 3. The maximum atomic E-state index is 12.1. The Balaban J connectivity index is 1.91. The number of urea groups is 1. The van der Waals surface area contributed by atoms with Crippen LogP contribution in [0.15, 0.2) is 0 Å². The number of nitrogens with one attached hydrogen (secondary N) is 2. The third-order valence-corrected chi connectivity index (χ3v) is 3.10. The van der Waals surface area contributed by atoms with E-state index < -0.39 is 6.03 Å². The average molecular weight is 254 g/mol. The Morgan fingerprint density at radius 1 is 1.28 bits per heavy atom. The Bertz CT molecular complexity index is 374. The molecular weight excluding hydrogens is 236 g/mol. The number of imide groups is 1. The molecule has 2 aliphatic rings. The highest BCUT2D eigenvalue weighted by molar-refractivity contribution is 6.03. The first-order chi connectivity index (χ1) is 8.45. The summed E-state index contributed by atoms with van der Waals surface area (Å²) < 4.78 is 0. The summed E-state index contributed by atoms with van der Waals surface area (Å²) in [4.78, 5) is 37.4. The van der Waals surface area contributed by atoms with Crippen LogP contribution < -0.4 is 10.6 Å². The standard InChI is InChI=1S/C11H18N4O3/c1-7-3-14(4-8(2)12-7)10(17)6-15-5-9(16)13-11(15)18/h7-8,12H,3-6H2,1-2H3,(H,13,16,18)/t7-,8-/m0/s1. The molecule has 2 saturated heterocycles. The van der Waals surface area contributed by atoms with Crippen molar-refractivity contribution in [2.45, 2.75) is 25.9 Å². The van der Waals surface area contributed by atoms with E-state index in [1.165, 1.54) is 4.90 Å². The van der Waals surface area contributed by atoms with Crippen molar-refractivity contribution < 1.29 is 14.4 Å². The van der Waals surface area contributed by atoms with Gasteiger partial charge in [-0.2, -0.15) is 0 Å². The zero-order valence-electron chi connectivity index (χ0n) is 10.6. The molecule has 18 heavy (non-hydrogen) atoms. The molecule has 0 aromatic rings. The van der Waals surface area contributed by atoms with Crippen molar-refractivity contribution in [2.24, 2.45) is 0 Å². The van der Waals surface area contributed by atoms with Gasteiger partial charge in [-0.25, -0.2) is 4.79 Å². The summed E-state index contributed by atoms with van der Waals surface area (Å²) in [5.41, 5.74) is 0. The van der Waals surface area contributed by atoms with Gasteiger partial charge in [0, 0.05) is 25.2 Å². The van der Waals surface area contributed by atoms with Gasteiger partial charge in [0.25, 0.3) is 0 Å². The predicted molar refractivity (Wildman–Crippen MR) is 63.8 cm³/mol. The van der Waals surface area contributed by atoms with Crippen molar-refractivity contribution in [1.82, 2.24) is 20.4 Å². The van der Waals surface area contributed by atoms with Crippen LogP contribution >= 0.6 is 0 Å². The minimum Gasteiger partial charge on any atom is -0.338 e. The lowest BCUT2D eigenvalue weighted by molar-refractivity contribution is -0.133. The fraction of sp³-hybridized carbons (Fsp3) is 0.727. The SMILES string of the molecule is C[C@H]1CN(C(=O)CN2CC(=O)NC2=O)C[C@H](C)N1. The number of carbonyl (C=O) groups excluding carboxylic acids is 3. The van der Waals surface area contributed by atoms with E-state index >= 15 is 0 Å². The van der Waals surface area contributed by atoms with E-state index in [0.29, 0.717) is 13.1 Å². The highest BCUT2D eigenvalue weighted by Crippen LogP contribution is 2.06. The van der Waals surface area contributed by atoms with Crippen LogP contribution in [0, 0.1) is 0 Å². The van der Waals surface area contributed by atoms with Gasteiger partial charge < -0.3 is 15.1 Å². The van der Waals surface area contributed by atoms with Gasteiger partial charge in [0.2, 0.25) is 11.8 Å². The summed E-state index contributed by atoms with van der Waals surface area (Å²) in [7, 11) is 0. The number of rotatable bonds is 2. The van der Waals surface area contributed by atoms with Crippen molar-refractivity contribution in [2.75, 3.05) is 26.2 Å². The van der Waals surface area contributed by atoms with Gasteiger partial charge in [0.15, 0.2) is 0 Å². The number of nitrogens with zero attached hydrogens (tertiary/aromatic N) is 2. The lowest BCUT2D eigenvalue weighted by Crippen LogP contribution is -2.57. The molecule has 2 heterocycles. The second kappa shape index (κ2) is 4.93. The van der Waals surface area contributed by atoms with E-state index in [2.05, 4.69) is 10.6 Å². The van der Waals surface area contributed by atoms with Crippen LogP contribution in [-0.2, 0) is 9.59 Å². The number of hydrogen-bond donors (Lipinski definition) is 2. The van der Waals surface area contributed by atoms with Gasteiger partial charge in [-0.05, 0) is 13.8 Å². The molecule has 2 N–H and O–H groups in total. The molecule has 0 saturated carbocycles. The molecular formula is C11H18N4O3. The summed E-state index contributed by atoms with van der Waals surface area (Å²) in [5, 5.41) is 5.49. The molecule has 0 aromatic heterocycles. The van der Waals surface area contributed by atoms with Gasteiger partial charge in [-0.15, -0.1) is 0 Å². The monoisotopic (exact) mass is 254 g/mol. The van der Waals surface area contributed by atoms with E-state index in [0.717, 1.165) is 0 Å².